The van der Waals surface area contributed by atoms with E-state index in [1.165, 1.54) is 23.5 Å². The highest BCUT2D eigenvalue weighted by molar-refractivity contribution is 7.99. The van der Waals surface area contributed by atoms with Gasteiger partial charge >= 0.3 is 0 Å². The summed E-state index contributed by atoms with van der Waals surface area (Å²) >= 11 is 2.01. The molecule has 1 rings (SSSR count). The highest BCUT2D eigenvalue weighted by Crippen LogP contribution is 2.00. The van der Waals surface area contributed by atoms with Crippen LogP contribution >= 0.6 is 11.8 Å². The van der Waals surface area contributed by atoms with Crippen LogP contribution in [0.2, 0.25) is 0 Å². The number of ether oxygens (including phenoxy) is 1. The van der Waals surface area contributed by atoms with Gasteiger partial charge in [0.05, 0.1) is 13.2 Å². The molecule has 0 atom stereocenters. The fourth-order valence-corrected chi connectivity index (χ4v) is 2.21. The summed E-state index contributed by atoms with van der Waals surface area (Å²) in [4.78, 5) is 0. The van der Waals surface area contributed by atoms with Gasteiger partial charge in [-0.1, -0.05) is 37.3 Å². The Bertz CT molecular complexity index is 266. The van der Waals surface area contributed by atoms with Crippen LogP contribution in [0.1, 0.15) is 18.9 Å². The van der Waals surface area contributed by atoms with Crippen molar-refractivity contribution in [3.8, 4) is 0 Å². The van der Waals surface area contributed by atoms with Gasteiger partial charge in [0.15, 0.2) is 0 Å². The predicted molar refractivity (Wildman–Crippen MR) is 76.6 cm³/mol. The molecule has 0 saturated heterocycles. The van der Waals surface area contributed by atoms with E-state index in [2.05, 4.69) is 24.4 Å². The van der Waals surface area contributed by atoms with Crippen LogP contribution in [0.5, 0.6) is 0 Å². The minimum atomic E-state index is 0.715. The third-order valence-electron chi connectivity index (χ3n) is 2.31. The quantitative estimate of drug-likeness (QED) is 0.648. The van der Waals surface area contributed by atoms with Crippen LogP contribution in [0.25, 0.3) is 0 Å². The number of benzene rings is 1. The van der Waals surface area contributed by atoms with E-state index in [0.717, 1.165) is 19.7 Å². The first-order valence-corrected chi connectivity index (χ1v) is 7.49. The molecule has 0 heterocycles. The van der Waals surface area contributed by atoms with Gasteiger partial charge in [-0.2, -0.15) is 11.8 Å². The molecule has 0 aliphatic rings. The zero-order valence-electron chi connectivity index (χ0n) is 10.7. The average molecular weight is 253 g/mol. The molecule has 0 fully saturated rings. The van der Waals surface area contributed by atoms with Crippen molar-refractivity contribution in [2.45, 2.75) is 20.0 Å². The fraction of sp³-hybridized carbons (Fsp3) is 0.571. The molecular weight excluding hydrogens is 230 g/mol. The van der Waals surface area contributed by atoms with Crippen molar-refractivity contribution in [1.29, 1.82) is 0 Å². The SMILES string of the molecule is CCCSCCNCCOCc1ccccc1. The van der Waals surface area contributed by atoms with Crippen LogP contribution in [0.3, 0.4) is 0 Å². The second-order valence-corrected chi connectivity index (χ2v) is 5.13. The predicted octanol–water partition coefficient (Wildman–Crippen LogP) is 2.94. The van der Waals surface area contributed by atoms with E-state index in [1.54, 1.807) is 0 Å². The van der Waals surface area contributed by atoms with Crippen LogP contribution in [-0.4, -0.2) is 31.2 Å². The molecule has 0 bridgehead atoms. The number of hydrogen-bond acceptors (Lipinski definition) is 3. The average Bonchev–Trinajstić information content (AvgIpc) is 2.38. The highest BCUT2D eigenvalue weighted by Gasteiger charge is 1.92. The second-order valence-electron chi connectivity index (χ2n) is 3.90. The molecule has 0 aliphatic heterocycles. The Kier molecular flexibility index (Phi) is 9.10. The third kappa shape index (κ3) is 8.25. The van der Waals surface area contributed by atoms with Gasteiger partial charge in [-0.15, -0.1) is 0 Å². The summed E-state index contributed by atoms with van der Waals surface area (Å²) in [6.45, 7) is 5.75. The molecule has 0 saturated carbocycles. The van der Waals surface area contributed by atoms with Gasteiger partial charge in [-0.3, -0.25) is 0 Å². The van der Waals surface area contributed by atoms with E-state index in [0.29, 0.717) is 6.61 Å². The van der Waals surface area contributed by atoms with Gasteiger partial charge in [-0.05, 0) is 17.7 Å². The van der Waals surface area contributed by atoms with Crippen molar-refractivity contribution in [3.05, 3.63) is 35.9 Å². The largest absolute Gasteiger partial charge is 0.375 e. The molecule has 3 heteroatoms. The Morgan fingerprint density at radius 1 is 1.12 bits per heavy atom. The number of hydrogen-bond donors (Lipinski definition) is 1. The minimum absolute atomic E-state index is 0.715. The topological polar surface area (TPSA) is 21.3 Å². The molecule has 1 N–H and O–H groups in total. The monoisotopic (exact) mass is 253 g/mol. The van der Waals surface area contributed by atoms with Crippen LogP contribution in [0, 0.1) is 0 Å². The Morgan fingerprint density at radius 3 is 2.71 bits per heavy atom. The van der Waals surface area contributed by atoms with E-state index in [9.17, 15) is 0 Å². The summed E-state index contributed by atoms with van der Waals surface area (Å²) in [7, 11) is 0. The van der Waals surface area contributed by atoms with Crippen molar-refractivity contribution >= 4 is 11.8 Å². The van der Waals surface area contributed by atoms with Crippen LogP contribution in [0.4, 0.5) is 0 Å². The summed E-state index contributed by atoms with van der Waals surface area (Å²) in [5.74, 6) is 2.47. The van der Waals surface area contributed by atoms with Crippen LogP contribution in [0.15, 0.2) is 30.3 Å². The van der Waals surface area contributed by atoms with Crippen molar-refractivity contribution in [2.24, 2.45) is 0 Å². The van der Waals surface area contributed by atoms with Crippen molar-refractivity contribution in [2.75, 3.05) is 31.2 Å². The standard InChI is InChI=1S/C14H23NOS/c1-2-11-17-12-9-15-8-10-16-13-14-6-4-3-5-7-14/h3-7,15H,2,8-13H2,1H3. The third-order valence-corrected chi connectivity index (χ3v) is 3.50. The molecule has 96 valence electrons. The minimum Gasteiger partial charge on any atom is -0.375 e. The summed E-state index contributed by atoms with van der Waals surface area (Å²) in [5.41, 5.74) is 1.24. The van der Waals surface area contributed by atoms with Crippen molar-refractivity contribution in [1.82, 2.24) is 5.32 Å². The van der Waals surface area contributed by atoms with E-state index in [1.807, 2.05) is 30.0 Å². The molecule has 0 amide bonds. The lowest BCUT2D eigenvalue weighted by atomic mass is 10.2. The van der Waals surface area contributed by atoms with Gasteiger partial charge in [0, 0.05) is 18.8 Å². The molecule has 0 unspecified atom stereocenters. The second kappa shape index (κ2) is 10.6. The fourth-order valence-electron chi connectivity index (χ4n) is 1.42. The highest BCUT2D eigenvalue weighted by atomic mass is 32.2. The maximum absolute atomic E-state index is 5.58. The van der Waals surface area contributed by atoms with Gasteiger partial charge < -0.3 is 10.1 Å². The summed E-state index contributed by atoms with van der Waals surface area (Å²) < 4.78 is 5.58. The van der Waals surface area contributed by atoms with E-state index < -0.39 is 0 Å². The molecule has 1 aromatic rings. The van der Waals surface area contributed by atoms with Gasteiger partial charge in [0.25, 0.3) is 0 Å². The zero-order chi connectivity index (χ0) is 12.2. The van der Waals surface area contributed by atoms with Crippen molar-refractivity contribution < 1.29 is 4.74 Å². The Balaban J connectivity index is 1.85. The first-order chi connectivity index (χ1) is 8.43. The molecule has 2 nitrogen and oxygen atoms in total. The van der Waals surface area contributed by atoms with Crippen molar-refractivity contribution in [3.63, 3.8) is 0 Å². The number of thioether (sulfide) groups is 1. The summed E-state index contributed by atoms with van der Waals surface area (Å²) in [6.07, 6.45) is 1.27. The van der Waals surface area contributed by atoms with E-state index >= 15 is 0 Å². The lowest BCUT2D eigenvalue weighted by molar-refractivity contribution is 0.123. The lowest BCUT2D eigenvalue weighted by Gasteiger charge is -2.06. The number of nitrogens with one attached hydrogen (secondary N) is 1. The maximum atomic E-state index is 5.58. The van der Waals surface area contributed by atoms with E-state index in [4.69, 9.17) is 4.74 Å². The van der Waals surface area contributed by atoms with E-state index in [-0.39, 0.29) is 0 Å². The normalized spacial score (nSPS) is 10.6. The Hall–Kier alpha value is -0.510. The zero-order valence-corrected chi connectivity index (χ0v) is 11.5. The van der Waals surface area contributed by atoms with Crippen LogP contribution < -0.4 is 5.32 Å². The van der Waals surface area contributed by atoms with Crippen LogP contribution in [-0.2, 0) is 11.3 Å². The lowest BCUT2D eigenvalue weighted by Crippen LogP contribution is -2.22. The van der Waals surface area contributed by atoms with Gasteiger partial charge in [-0.25, -0.2) is 0 Å². The molecule has 0 aliphatic carbocycles. The molecule has 1 aromatic carbocycles. The summed E-state index contributed by atoms with van der Waals surface area (Å²) in [5, 5.41) is 3.38. The first kappa shape index (κ1) is 14.6. The number of rotatable bonds is 10. The molecule has 0 radical (unpaired) electrons. The first-order valence-electron chi connectivity index (χ1n) is 6.33. The molecule has 0 aromatic heterocycles. The smallest absolute Gasteiger partial charge is 0.0717 e. The summed E-state index contributed by atoms with van der Waals surface area (Å²) in [6, 6.07) is 10.3. The maximum Gasteiger partial charge on any atom is 0.0717 e. The van der Waals surface area contributed by atoms with Gasteiger partial charge in [0.1, 0.15) is 0 Å². The Labute approximate surface area is 109 Å². The Morgan fingerprint density at radius 2 is 1.94 bits per heavy atom. The molecular formula is C14H23NOS. The molecule has 0 spiro atoms. The van der Waals surface area contributed by atoms with Gasteiger partial charge in [0.2, 0.25) is 0 Å². The molecule has 17 heavy (non-hydrogen) atoms.